The lowest BCUT2D eigenvalue weighted by Gasteiger charge is -2.45. The van der Waals surface area contributed by atoms with Crippen molar-refractivity contribution in [2.24, 2.45) is 0 Å². The number of aryl methyl sites for hydroxylation is 1. The van der Waals surface area contributed by atoms with Gasteiger partial charge in [0.15, 0.2) is 0 Å². The van der Waals surface area contributed by atoms with Crippen LogP contribution in [0.1, 0.15) is 55.5 Å². The highest BCUT2D eigenvalue weighted by atomic mass is 35.5. The van der Waals surface area contributed by atoms with Gasteiger partial charge in [0.1, 0.15) is 0 Å². The Morgan fingerprint density at radius 1 is 1.19 bits per heavy atom. The van der Waals surface area contributed by atoms with E-state index in [1.807, 2.05) is 12.1 Å². The maximum Gasteiger partial charge on any atom is 0.0674 e. The summed E-state index contributed by atoms with van der Waals surface area (Å²) < 4.78 is 6.02. The van der Waals surface area contributed by atoms with Gasteiger partial charge in [-0.05, 0) is 69.7 Å². The number of hydrogen-bond donors (Lipinski definition) is 1. The maximum absolute atomic E-state index is 6.05. The lowest BCUT2D eigenvalue weighted by molar-refractivity contribution is -0.0769. The van der Waals surface area contributed by atoms with Crippen molar-refractivity contribution in [3.63, 3.8) is 0 Å². The fourth-order valence-corrected chi connectivity index (χ4v) is 4.86. The van der Waals surface area contributed by atoms with Gasteiger partial charge in [0.05, 0.1) is 18.4 Å². The smallest absolute Gasteiger partial charge is 0.0674 e. The SMILES string of the molecule is Cc1cc(C2CCC(N3C[C@H](C)OC[C@@H]3Cc3ccc(Cl)cc3)CC2)n[nH]1. The zero-order valence-corrected chi connectivity index (χ0v) is 17.1. The lowest BCUT2D eigenvalue weighted by Crippen LogP contribution is -2.54. The Morgan fingerprint density at radius 3 is 2.59 bits per heavy atom. The molecule has 1 aromatic heterocycles. The molecule has 4 rings (SSSR count). The second kappa shape index (κ2) is 8.34. The van der Waals surface area contributed by atoms with Gasteiger partial charge in [-0.15, -0.1) is 0 Å². The Balaban J connectivity index is 1.41. The van der Waals surface area contributed by atoms with Crippen molar-refractivity contribution in [1.29, 1.82) is 0 Å². The average molecular weight is 388 g/mol. The van der Waals surface area contributed by atoms with Crippen LogP contribution in [0.2, 0.25) is 5.02 Å². The molecule has 27 heavy (non-hydrogen) atoms. The first-order valence-electron chi connectivity index (χ1n) is 10.2. The highest BCUT2D eigenvalue weighted by Gasteiger charge is 2.35. The number of aromatic amines is 1. The van der Waals surface area contributed by atoms with E-state index in [0.29, 0.717) is 24.1 Å². The first kappa shape index (κ1) is 19.0. The predicted molar refractivity (Wildman–Crippen MR) is 109 cm³/mol. The molecule has 1 aliphatic heterocycles. The lowest BCUT2D eigenvalue weighted by atomic mass is 9.82. The van der Waals surface area contributed by atoms with Gasteiger partial charge in [-0.1, -0.05) is 23.7 Å². The van der Waals surface area contributed by atoms with Crippen LogP contribution < -0.4 is 0 Å². The molecule has 2 aromatic rings. The Bertz CT molecular complexity index is 736. The normalized spacial score (nSPS) is 29.7. The summed E-state index contributed by atoms with van der Waals surface area (Å²) >= 11 is 6.05. The van der Waals surface area contributed by atoms with Crippen molar-refractivity contribution < 1.29 is 4.74 Å². The van der Waals surface area contributed by atoms with Gasteiger partial charge in [-0.2, -0.15) is 5.10 Å². The number of H-pyrrole nitrogens is 1. The second-order valence-electron chi connectivity index (χ2n) is 8.31. The van der Waals surface area contributed by atoms with Crippen LogP contribution in [-0.4, -0.2) is 46.4 Å². The topological polar surface area (TPSA) is 41.1 Å². The fourth-order valence-electron chi connectivity index (χ4n) is 4.74. The van der Waals surface area contributed by atoms with E-state index >= 15 is 0 Å². The third kappa shape index (κ3) is 4.56. The number of hydrogen-bond acceptors (Lipinski definition) is 3. The Morgan fingerprint density at radius 2 is 1.93 bits per heavy atom. The van der Waals surface area contributed by atoms with Gasteiger partial charge < -0.3 is 4.74 Å². The van der Waals surface area contributed by atoms with Gasteiger partial charge in [-0.25, -0.2) is 0 Å². The number of nitrogens with zero attached hydrogens (tertiary/aromatic N) is 2. The summed E-state index contributed by atoms with van der Waals surface area (Å²) in [6, 6.07) is 11.6. The summed E-state index contributed by atoms with van der Waals surface area (Å²) in [5.41, 5.74) is 3.75. The van der Waals surface area contributed by atoms with Gasteiger partial charge in [0.25, 0.3) is 0 Å². The maximum atomic E-state index is 6.05. The standard InChI is InChI=1S/C22H30ClN3O/c1-15-11-22(25-24-15)18-5-9-20(10-6-18)26-13-16(2)27-14-21(26)12-17-3-7-19(23)8-4-17/h3-4,7-8,11,16,18,20-21H,5-6,9-10,12-14H2,1-2H3,(H,24,25)/t16-,18?,20?,21-/m0/s1. The zero-order chi connectivity index (χ0) is 18.8. The highest BCUT2D eigenvalue weighted by Crippen LogP contribution is 2.36. The van der Waals surface area contributed by atoms with Crippen LogP contribution in [-0.2, 0) is 11.2 Å². The third-order valence-electron chi connectivity index (χ3n) is 6.20. The Labute approximate surface area is 167 Å². The van der Waals surface area contributed by atoms with E-state index in [-0.39, 0.29) is 0 Å². The number of ether oxygens (including phenoxy) is 1. The molecule has 4 nitrogen and oxygen atoms in total. The fraction of sp³-hybridized carbons (Fsp3) is 0.591. The molecule has 1 aromatic carbocycles. The molecular weight excluding hydrogens is 358 g/mol. The second-order valence-corrected chi connectivity index (χ2v) is 8.74. The van der Waals surface area contributed by atoms with Crippen LogP contribution in [0.3, 0.4) is 0 Å². The minimum atomic E-state index is 0.318. The Kier molecular flexibility index (Phi) is 5.86. The van der Waals surface area contributed by atoms with E-state index in [2.05, 4.69) is 47.1 Å². The molecule has 5 heteroatoms. The van der Waals surface area contributed by atoms with Crippen LogP contribution in [0, 0.1) is 6.92 Å². The first-order chi connectivity index (χ1) is 13.1. The number of nitrogens with one attached hydrogen (secondary N) is 1. The molecule has 1 aliphatic carbocycles. The third-order valence-corrected chi connectivity index (χ3v) is 6.46. The van der Waals surface area contributed by atoms with E-state index in [0.717, 1.165) is 30.3 Å². The number of benzene rings is 1. The van der Waals surface area contributed by atoms with E-state index in [4.69, 9.17) is 16.3 Å². The quantitative estimate of drug-likeness (QED) is 0.824. The summed E-state index contributed by atoms with van der Waals surface area (Å²) in [5.74, 6) is 0.611. The van der Waals surface area contributed by atoms with Crippen molar-refractivity contribution in [2.75, 3.05) is 13.2 Å². The summed E-state index contributed by atoms with van der Waals surface area (Å²) in [7, 11) is 0. The van der Waals surface area contributed by atoms with E-state index in [9.17, 15) is 0 Å². The summed E-state index contributed by atoms with van der Waals surface area (Å²) in [6.07, 6.45) is 6.31. The zero-order valence-electron chi connectivity index (χ0n) is 16.3. The van der Waals surface area contributed by atoms with Crippen LogP contribution in [0.4, 0.5) is 0 Å². The molecule has 0 amide bonds. The van der Waals surface area contributed by atoms with Crippen LogP contribution in [0.5, 0.6) is 0 Å². The van der Waals surface area contributed by atoms with Crippen LogP contribution in [0.25, 0.3) is 0 Å². The molecule has 2 aliphatic rings. The van der Waals surface area contributed by atoms with Gasteiger partial charge >= 0.3 is 0 Å². The van der Waals surface area contributed by atoms with Crippen molar-refractivity contribution in [1.82, 2.24) is 15.1 Å². The monoisotopic (exact) mass is 387 g/mol. The van der Waals surface area contributed by atoms with Crippen LogP contribution in [0.15, 0.2) is 30.3 Å². The molecule has 2 fully saturated rings. The summed E-state index contributed by atoms with van der Waals surface area (Å²) in [4.78, 5) is 2.73. The molecule has 1 saturated carbocycles. The predicted octanol–water partition coefficient (Wildman–Crippen LogP) is 4.73. The van der Waals surface area contributed by atoms with Crippen molar-refractivity contribution in [3.05, 3.63) is 52.3 Å². The highest BCUT2D eigenvalue weighted by molar-refractivity contribution is 6.30. The van der Waals surface area contributed by atoms with Crippen molar-refractivity contribution in [3.8, 4) is 0 Å². The van der Waals surface area contributed by atoms with Gasteiger partial charge in [0, 0.05) is 35.3 Å². The number of halogens is 1. The number of rotatable bonds is 4. The van der Waals surface area contributed by atoms with Crippen LogP contribution >= 0.6 is 11.6 Å². The minimum absolute atomic E-state index is 0.318. The van der Waals surface area contributed by atoms with E-state index in [1.165, 1.54) is 36.9 Å². The molecule has 1 N–H and O–H groups in total. The molecule has 2 heterocycles. The van der Waals surface area contributed by atoms with Gasteiger partial charge in [-0.3, -0.25) is 10.00 Å². The first-order valence-corrected chi connectivity index (χ1v) is 10.6. The summed E-state index contributed by atoms with van der Waals surface area (Å²) in [5, 5.41) is 8.40. The molecule has 2 atom stereocenters. The van der Waals surface area contributed by atoms with E-state index < -0.39 is 0 Å². The number of aromatic nitrogens is 2. The minimum Gasteiger partial charge on any atom is -0.376 e. The molecule has 0 bridgehead atoms. The molecule has 146 valence electrons. The molecule has 0 radical (unpaired) electrons. The largest absolute Gasteiger partial charge is 0.376 e. The molecule has 1 saturated heterocycles. The molecule has 0 spiro atoms. The van der Waals surface area contributed by atoms with Crippen molar-refractivity contribution >= 4 is 11.6 Å². The molecule has 0 unspecified atom stereocenters. The average Bonchev–Trinajstić information content (AvgIpc) is 3.11. The van der Waals surface area contributed by atoms with E-state index in [1.54, 1.807) is 0 Å². The molecular formula is C22H30ClN3O. The van der Waals surface area contributed by atoms with Crippen molar-refractivity contribution in [2.45, 2.75) is 70.1 Å². The number of morpholine rings is 1. The Hall–Kier alpha value is -1.36. The van der Waals surface area contributed by atoms with Gasteiger partial charge in [0.2, 0.25) is 0 Å². The summed E-state index contributed by atoms with van der Waals surface area (Å²) in [6.45, 7) is 6.14.